The number of nitrogens with zero attached hydrogens (tertiary/aromatic N) is 2. The molecule has 3 heterocycles. The van der Waals surface area contributed by atoms with Crippen LogP contribution >= 0.6 is 0 Å². The predicted octanol–water partition coefficient (Wildman–Crippen LogP) is 4.58. The molecule has 4 nitrogen and oxygen atoms in total. The summed E-state index contributed by atoms with van der Waals surface area (Å²) in [4.78, 5) is 10.4. The summed E-state index contributed by atoms with van der Waals surface area (Å²) in [5.74, 6) is 0.858. The van der Waals surface area contributed by atoms with Gasteiger partial charge in [0.15, 0.2) is 0 Å². The maximum atomic E-state index is 13.8. The van der Waals surface area contributed by atoms with Crippen molar-refractivity contribution in [2.45, 2.75) is 32.2 Å². The average Bonchev–Trinajstić information content (AvgIpc) is 2.95. The molecule has 0 aliphatic carbocycles. The van der Waals surface area contributed by atoms with Crippen LogP contribution in [0.15, 0.2) is 36.5 Å². The van der Waals surface area contributed by atoms with E-state index >= 15 is 0 Å². The molecule has 0 bridgehead atoms. The van der Waals surface area contributed by atoms with Crippen LogP contribution in [0.1, 0.15) is 32.4 Å². The van der Waals surface area contributed by atoms with Crippen molar-refractivity contribution in [1.29, 1.82) is 0 Å². The van der Waals surface area contributed by atoms with Crippen LogP contribution in [0.4, 0.5) is 4.39 Å². The quantitative estimate of drug-likeness (QED) is 0.749. The van der Waals surface area contributed by atoms with E-state index in [1.54, 1.807) is 19.4 Å². The van der Waals surface area contributed by atoms with Gasteiger partial charge in [0.1, 0.15) is 17.2 Å². The third kappa shape index (κ3) is 2.86. The summed E-state index contributed by atoms with van der Waals surface area (Å²) in [6.45, 7) is 8.79. The van der Waals surface area contributed by atoms with Gasteiger partial charge in [-0.05, 0) is 56.7 Å². The van der Waals surface area contributed by atoms with Gasteiger partial charge in [-0.15, -0.1) is 0 Å². The SMILES string of the molecule is COc1ccc(F)cc1-c1ccnc2[nH]c(C3CN(C(C)(C)C)C3)cc12. The van der Waals surface area contributed by atoms with E-state index in [0.29, 0.717) is 11.7 Å². The Morgan fingerprint density at radius 3 is 2.62 bits per heavy atom. The number of fused-ring (bicyclic) bond motifs is 1. The Hall–Kier alpha value is -2.40. The lowest BCUT2D eigenvalue weighted by atomic mass is 9.90. The lowest BCUT2D eigenvalue weighted by molar-refractivity contribution is 0.0458. The summed E-state index contributed by atoms with van der Waals surface area (Å²) in [5, 5.41) is 1.00. The number of aromatic nitrogens is 2. The zero-order chi connectivity index (χ0) is 18.5. The molecule has 0 atom stereocenters. The van der Waals surface area contributed by atoms with Crippen LogP contribution in [0.3, 0.4) is 0 Å². The van der Waals surface area contributed by atoms with Crippen molar-refractivity contribution in [2.24, 2.45) is 0 Å². The van der Waals surface area contributed by atoms with Gasteiger partial charge >= 0.3 is 0 Å². The molecule has 136 valence electrons. The molecule has 1 aliphatic heterocycles. The van der Waals surface area contributed by atoms with Crippen LogP contribution in [0.25, 0.3) is 22.2 Å². The highest BCUT2D eigenvalue weighted by Crippen LogP contribution is 2.38. The van der Waals surface area contributed by atoms with Crippen LogP contribution < -0.4 is 4.74 Å². The molecule has 26 heavy (non-hydrogen) atoms. The number of H-pyrrole nitrogens is 1. The molecule has 0 spiro atoms. The molecule has 2 aromatic heterocycles. The number of benzene rings is 1. The molecule has 0 radical (unpaired) electrons. The standard InChI is InChI=1S/C21H24FN3O/c1-21(2,3)25-11-13(12-25)18-10-17-15(7-8-23-20(17)24-18)16-9-14(22)5-6-19(16)26-4/h5-10,13H,11-12H2,1-4H3,(H,23,24). The highest BCUT2D eigenvalue weighted by Gasteiger charge is 2.36. The molecule has 1 fully saturated rings. The first-order valence-electron chi connectivity index (χ1n) is 8.93. The first-order valence-corrected chi connectivity index (χ1v) is 8.93. The van der Waals surface area contributed by atoms with Crippen molar-refractivity contribution in [3.05, 3.63) is 48.0 Å². The van der Waals surface area contributed by atoms with Gasteiger partial charge in [-0.1, -0.05) is 0 Å². The number of hydrogen-bond donors (Lipinski definition) is 1. The monoisotopic (exact) mass is 353 g/mol. The second-order valence-corrected chi connectivity index (χ2v) is 7.96. The summed E-state index contributed by atoms with van der Waals surface area (Å²) >= 11 is 0. The molecule has 0 unspecified atom stereocenters. The second-order valence-electron chi connectivity index (χ2n) is 7.96. The van der Waals surface area contributed by atoms with E-state index in [4.69, 9.17) is 4.74 Å². The van der Waals surface area contributed by atoms with Crippen molar-refractivity contribution in [3.8, 4) is 16.9 Å². The van der Waals surface area contributed by atoms with E-state index in [-0.39, 0.29) is 11.4 Å². The lowest BCUT2D eigenvalue weighted by Crippen LogP contribution is -2.54. The van der Waals surface area contributed by atoms with Gasteiger partial charge in [-0.2, -0.15) is 0 Å². The van der Waals surface area contributed by atoms with Crippen LogP contribution in [-0.2, 0) is 0 Å². The van der Waals surface area contributed by atoms with Gasteiger partial charge in [-0.3, -0.25) is 4.90 Å². The third-order valence-corrected chi connectivity index (χ3v) is 5.27. The molecule has 1 aliphatic rings. The van der Waals surface area contributed by atoms with Crippen molar-refractivity contribution in [1.82, 2.24) is 14.9 Å². The van der Waals surface area contributed by atoms with Gasteiger partial charge in [0, 0.05) is 47.4 Å². The summed E-state index contributed by atoms with van der Waals surface area (Å²) < 4.78 is 19.3. The summed E-state index contributed by atoms with van der Waals surface area (Å²) in [6, 6.07) is 8.67. The van der Waals surface area contributed by atoms with E-state index in [1.165, 1.54) is 17.8 Å². The molecule has 0 amide bonds. The van der Waals surface area contributed by atoms with E-state index < -0.39 is 0 Å². The Morgan fingerprint density at radius 2 is 1.92 bits per heavy atom. The molecular weight excluding hydrogens is 329 g/mol. The fourth-order valence-electron chi connectivity index (χ4n) is 3.62. The highest BCUT2D eigenvalue weighted by atomic mass is 19.1. The number of halogens is 1. The van der Waals surface area contributed by atoms with Crippen LogP contribution in [0.2, 0.25) is 0 Å². The normalized spacial score (nSPS) is 16.0. The molecule has 4 rings (SSSR count). The largest absolute Gasteiger partial charge is 0.496 e. The maximum absolute atomic E-state index is 13.8. The van der Waals surface area contributed by atoms with E-state index in [0.717, 1.165) is 35.2 Å². The number of likely N-dealkylation sites (tertiary alicyclic amines) is 1. The molecular formula is C21H24FN3O. The minimum atomic E-state index is -0.277. The number of aromatic amines is 1. The first kappa shape index (κ1) is 17.0. The average molecular weight is 353 g/mol. The van der Waals surface area contributed by atoms with Crippen molar-refractivity contribution < 1.29 is 9.13 Å². The third-order valence-electron chi connectivity index (χ3n) is 5.27. The number of nitrogens with one attached hydrogen (secondary N) is 1. The molecule has 1 aromatic carbocycles. The molecule has 3 aromatic rings. The maximum Gasteiger partial charge on any atom is 0.138 e. The lowest BCUT2D eigenvalue weighted by Gasteiger charge is -2.47. The minimum absolute atomic E-state index is 0.195. The van der Waals surface area contributed by atoms with E-state index in [2.05, 4.69) is 41.7 Å². The Kier molecular flexibility index (Phi) is 3.99. The van der Waals surface area contributed by atoms with Gasteiger partial charge in [0.25, 0.3) is 0 Å². The molecule has 5 heteroatoms. The summed E-state index contributed by atoms with van der Waals surface area (Å²) in [7, 11) is 1.60. The van der Waals surface area contributed by atoms with Crippen molar-refractivity contribution in [2.75, 3.05) is 20.2 Å². The summed E-state index contributed by atoms with van der Waals surface area (Å²) in [6.07, 6.45) is 1.75. The predicted molar refractivity (Wildman–Crippen MR) is 102 cm³/mol. The zero-order valence-electron chi connectivity index (χ0n) is 15.6. The smallest absolute Gasteiger partial charge is 0.138 e. The second kappa shape index (κ2) is 6.09. The fraction of sp³-hybridized carbons (Fsp3) is 0.381. The zero-order valence-corrected chi connectivity index (χ0v) is 15.6. The van der Waals surface area contributed by atoms with Gasteiger partial charge in [-0.25, -0.2) is 9.37 Å². The van der Waals surface area contributed by atoms with Crippen molar-refractivity contribution in [3.63, 3.8) is 0 Å². The summed E-state index contributed by atoms with van der Waals surface area (Å²) in [5.41, 5.74) is 3.89. The Balaban J connectivity index is 1.73. The minimum Gasteiger partial charge on any atom is -0.496 e. The van der Waals surface area contributed by atoms with Gasteiger partial charge in [0.2, 0.25) is 0 Å². The highest BCUT2D eigenvalue weighted by molar-refractivity contribution is 5.95. The Morgan fingerprint density at radius 1 is 1.15 bits per heavy atom. The van der Waals surface area contributed by atoms with Crippen LogP contribution in [0, 0.1) is 5.82 Å². The number of methoxy groups -OCH3 is 1. The van der Waals surface area contributed by atoms with Crippen molar-refractivity contribution >= 4 is 11.0 Å². The topological polar surface area (TPSA) is 41.1 Å². The van der Waals surface area contributed by atoms with Crippen LogP contribution in [0.5, 0.6) is 5.75 Å². The number of pyridine rings is 1. The van der Waals surface area contributed by atoms with E-state index in [1.807, 2.05) is 6.07 Å². The Labute approximate surface area is 153 Å². The molecule has 1 saturated heterocycles. The number of ether oxygens (including phenoxy) is 1. The van der Waals surface area contributed by atoms with Gasteiger partial charge in [0.05, 0.1) is 7.11 Å². The van der Waals surface area contributed by atoms with Gasteiger partial charge < -0.3 is 9.72 Å². The number of rotatable bonds is 3. The fourth-order valence-corrected chi connectivity index (χ4v) is 3.62. The first-order chi connectivity index (χ1) is 12.4. The Bertz CT molecular complexity index is 952. The van der Waals surface area contributed by atoms with E-state index in [9.17, 15) is 4.39 Å². The molecule has 1 N–H and O–H groups in total. The number of hydrogen-bond acceptors (Lipinski definition) is 3. The van der Waals surface area contributed by atoms with Crippen LogP contribution in [-0.4, -0.2) is 40.6 Å². The molecule has 0 saturated carbocycles.